The number of hydrogen-bond donors (Lipinski definition) is 0. The second-order valence-electron chi connectivity index (χ2n) is 4.72. The number of rotatable bonds is 3. The Morgan fingerprint density at radius 1 is 0.947 bits per heavy atom. The van der Waals surface area contributed by atoms with Gasteiger partial charge in [-0.05, 0) is 22.3 Å². The van der Waals surface area contributed by atoms with E-state index in [0.29, 0.717) is 0 Å². The van der Waals surface area contributed by atoms with Crippen molar-refractivity contribution in [2.24, 2.45) is 0 Å². The summed E-state index contributed by atoms with van der Waals surface area (Å²) in [6.45, 7) is 0.160. The van der Waals surface area contributed by atoms with Crippen molar-refractivity contribution in [3.05, 3.63) is 59.7 Å². The van der Waals surface area contributed by atoms with Crippen LogP contribution in [0.15, 0.2) is 48.5 Å². The fourth-order valence-corrected chi connectivity index (χ4v) is 3.01. The monoisotopic (exact) mass is 274 g/mol. The molecule has 0 spiro atoms. The first-order valence-corrected chi connectivity index (χ1v) is 7.90. The molecule has 98 valence electrons. The average molecular weight is 274 g/mol. The molecule has 2 aromatic rings. The van der Waals surface area contributed by atoms with Gasteiger partial charge in [-0.25, -0.2) is 0 Å². The molecule has 3 rings (SSSR count). The third-order valence-corrected chi connectivity index (χ3v) is 3.98. The normalized spacial score (nSPS) is 14.2. The van der Waals surface area contributed by atoms with E-state index in [2.05, 4.69) is 12.1 Å². The van der Waals surface area contributed by atoms with Crippen LogP contribution in [0.3, 0.4) is 0 Å². The Morgan fingerprint density at radius 2 is 1.42 bits per heavy atom. The van der Waals surface area contributed by atoms with Gasteiger partial charge in [0.1, 0.15) is 0 Å². The van der Waals surface area contributed by atoms with Gasteiger partial charge in [0.2, 0.25) is 0 Å². The summed E-state index contributed by atoms with van der Waals surface area (Å²) in [6, 6.07) is 16.1. The standard InChI is InChI=1S/C15H14O3S/c1-19(16,17)18-10-15-13-8-4-2-6-11(13)12-7-3-5-9-14(12)15/h2-9,15H,10H2,1H3. The SMILES string of the molecule is CS(=O)(=O)OCC1c2ccccc2-c2ccccc21. The molecule has 3 nitrogen and oxygen atoms in total. The van der Waals surface area contributed by atoms with Crippen LogP contribution in [0.4, 0.5) is 0 Å². The highest BCUT2D eigenvalue weighted by Crippen LogP contribution is 2.44. The zero-order valence-corrected chi connectivity index (χ0v) is 11.4. The molecule has 4 heteroatoms. The lowest BCUT2D eigenvalue weighted by molar-refractivity contribution is 0.310. The summed E-state index contributed by atoms with van der Waals surface area (Å²) < 4.78 is 27.4. The topological polar surface area (TPSA) is 43.4 Å². The number of hydrogen-bond acceptors (Lipinski definition) is 3. The molecule has 0 saturated carbocycles. The minimum Gasteiger partial charge on any atom is -0.269 e. The second kappa shape index (κ2) is 4.47. The summed E-state index contributed by atoms with van der Waals surface area (Å²) >= 11 is 0. The summed E-state index contributed by atoms with van der Waals surface area (Å²) in [5.41, 5.74) is 4.60. The van der Waals surface area contributed by atoms with Crippen LogP contribution >= 0.6 is 0 Å². The molecule has 0 bridgehead atoms. The Bertz CT molecular complexity index is 674. The maximum absolute atomic E-state index is 11.2. The molecule has 19 heavy (non-hydrogen) atoms. The third-order valence-electron chi connectivity index (χ3n) is 3.41. The first kappa shape index (κ1) is 12.4. The van der Waals surface area contributed by atoms with E-state index < -0.39 is 10.1 Å². The fourth-order valence-electron chi connectivity index (χ4n) is 2.63. The van der Waals surface area contributed by atoms with Crippen LogP contribution in [-0.4, -0.2) is 21.3 Å². The Labute approximate surface area is 113 Å². The molecule has 0 amide bonds. The average Bonchev–Trinajstić information content (AvgIpc) is 2.70. The molecule has 2 aromatic carbocycles. The van der Waals surface area contributed by atoms with Gasteiger partial charge >= 0.3 is 0 Å². The van der Waals surface area contributed by atoms with Crippen LogP contribution in [-0.2, 0) is 14.3 Å². The lowest BCUT2D eigenvalue weighted by Gasteiger charge is -2.12. The molecule has 0 fully saturated rings. The van der Waals surface area contributed by atoms with E-state index in [1.807, 2.05) is 36.4 Å². The van der Waals surface area contributed by atoms with Crippen molar-refractivity contribution >= 4 is 10.1 Å². The maximum Gasteiger partial charge on any atom is 0.264 e. The third kappa shape index (κ3) is 2.29. The minimum absolute atomic E-state index is 0.0119. The van der Waals surface area contributed by atoms with Crippen LogP contribution in [0.25, 0.3) is 11.1 Å². The summed E-state index contributed by atoms with van der Waals surface area (Å²) in [6.07, 6.45) is 1.08. The van der Waals surface area contributed by atoms with Crippen molar-refractivity contribution < 1.29 is 12.6 Å². The van der Waals surface area contributed by atoms with E-state index >= 15 is 0 Å². The zero-order valence-electron chi connectivity index (χ0n) is 10.5. The van der Waals surface area contributed by atoms with Crippen molar-refractivity contribution in [2.75, 3.05) is 12.9 Å². The maximum atomic E-state index is 11.2. The van der Waals surface area contributed by atoms with Gasteiger partial charge in [-0.1, -0.05) is 48.5 Å². The van der Waals surface area contributed by atoms with E-state index in [1.54, 1.807) is 0 Å². The molecule has 0 unspecified atom stereocenters. The van der Waals surface area contributed by atoms with Crippen LogP contribution in [0.5, 0.6) is 0 Å². The quantitative estimate of drug-likeness (QED) is 0.808. The summed E-state index contributed by atoms with van der Waals surface area (Å²) in [7, 11) is -3.42. The van der Waals surface area contributed by atoms with E-state index in [4.69, 9.17) is 4.18 Å². The van der Waals surface area contributed by atoms with Crippen molar-refractivity contribution in [1.82, 2.24) is 0 Å². The predicted molar refractivity (Wildman–Crippen MR) is 74.5 cm³/mol. The van der Waals surface area contributed by atoms with Crippen molar-refractivity contribution in [3.8, 4) is 11.1 Å². The van der Waals surface area contributed by atoms with Crippen molar-refractivity contribution in [2.45, 2.75) is 5.92 Å². The van der Waals surface area contributed by atoms with Crippen LogP contribution in [0.2, 0.25) is 0 Å². The van der Waals surface area contributed by atoms with Gasteiger partial charge in [0.05, 0.1) is 12.9 Å². The van der Waals surface area contributed by atoms with Gasteiger partial charge in [-0.3, -0.25) is 4.18 Å². The Hall–Kier alpha value is -1.65. The second-order valence-corrected chi connectivity index (χ2v) is 6.36. The first-order valence-electron chi connectivity index (χ1n) is 6.09. The van der Waals surface area contributed by atoms with E-state index in [9.17, 15) is 8.42 Å². The van der Waals surface area contributed by atoms with E-state index in [-0.39, 0.29) is 12.5 Å². The molecule has 0 heterocycles. The number of fused-ring (bicyclic) bond motifs is 3. The highest BCUT2D eigenvalue weighted by atomic mass is 32.2. The molecule has 0 N–H and O–H groups in total. The van der Waals surface area contributed by atoms with E-state index in [0.717, 1.165) is 17.4 Å². The molecule has 0 aromatic heterocycles. The van der Waals surface area contributed by atoms with E-state index in [1.165, 1.54) is 11.1 Å². The molecule has 0 aliphatic heterocycles. The molecule has 0 radical (unpaired) electrons. The summed E-state index contributed by atoms with van der Waals surface area (Å²) in [5.74, 6) is -0.0119. The van der Waals surface area contributed by atoms with Crippen molar-refractivity contribution in [1.29, 1.82) is 0 Å². The van der Waals surface area contributed by atoms with Crippen LogP contribution < -0.4 is 0 Å². The highest BCUT2D eigenvalue weighted by Gasteiger charge is 2.28. The van der Waals surface area contributed by atoms with Gasteiger partial charge in [-0.2, -0.15) is 8.42 Å². The van der Waals surface area contributed by atoms with Gasteiger partial charge in [0, 0.05) is 5.92 Å². The molecular formula is C15H14O3S. The predicted octanol–water partition coefficient (Wildman–Crippen LogP) is 2.78. The largest absolute Gasteiger partial charge is 0.269 e. The molecule has 0 saturated heterocycles. The summed E-state index contributed by atoms with van der Waals surface area (Å²) in [4.78, 5) is 0. The van der Waals surface area contributed by atoms with Crippen LogP contribution in [0, 0.1) is 0 Å². The van der Waals surface area contributed by atoms with Crippen LogP contribution in [0.1, 0.15) is 17.0 Å². The van der Waals surface area contributed by atoms with Gasteiger partial charge in [-0.15, -0.1) is 0 Å². The van der Waals surface area contributed by atoms with Gasteiger partial charge in [0.15, 0.2) is 0 Å². The zero-order chi connectivity index (χ0) is 13.5. The van der Waals surface area contributed by atoms with Crippen molar-refractivity contribution in [3.63, 3.8) is 0 Å². The van der Waals surface area contributed by atoms with Gasteiger partial charge < -0.3 is 0 Å². The lowest BCUT2D eigenvalue weighted by Crippen LogP contribution is -2.11. The molecule has 1 aliphatic carbocycles. The Balaban J connectivity index is 2.05. The number of benzene rings is 2. The fraction of sp³-hybridized carbons (Fsp3) is 0.200. The molecule has 0 atom stereocenters. The summed E-state index contributed by atoms with van der Waals surface area (Å²) in [5, 5.41) is 0. The smallest absolute Gasteiger partial charge is 0.264 e. The lowest BCUT2D eigenvalue weighted by atomic mass is 9.98. The van der Waals surface area contributed by atoms with Gasteiger partial charge in [0.25, 0.3) is 10.1 Å². The minimum atomic E-state index is -3.42. The Morgan fingerprint density at radius 3 is 1.89 bits per heavy atom. The first-order chi connectivity index (χ1) is 9.06. The molecular weight excluding hydrogens is 260 g/mol. The Kier molecular flexibility index (Phi) is 2.92. The highest BCUT2D eigenvalue weighted by molar-refractivity contribution is 7.85. The molecule has 1 aliphatic rings.